The molecule has 0 unspecified atom stereocenters. The average Bonchev–Trinajstić information content (AvgIpc) is 3.03. The van der Waals surface area contributed by atoms with Crippen LogP contribution < -0.4 is 10.1 Å². The highest BCUT2D eigenvalue weighted by molar-refractivity contribution is 14.0. The number of fused-ring (bicyclic) bond motifs is 1. The second-order valence-electron chi connectivity index (χ2n) is 7.42. The number of hydrogen-bond acceptors (Lipinski definition) is 4. The monoisotopic (exact) mass is 550 g/mol. The number of amides is 2. The lowest BCUT2D eigenvalue weighted by atomic mass is 10.1. The van der Waals surface area contributed by atoms with Crippen molar-refractivity contribution in [2.45, 2.75) is 26.3 Å². The number of carbonyl (C=O) groups is 2. The maximum absolute atomic E-state index is 12.4. The quantitative estimate of drug-likeness (QED) is 0.169. The van der Waals surface area contributed by atoms with Gasteiger partial charge in [-0.2, -0.15) is 0 Å². The number of nitrogens with one attached hydrogen (secondary N) is 1. The standard InChI is InChI=1S/C24H30N4O3.HI/c1-4-25-24(27(2)17-18-11-5-8-14-21(18)31-3)26-15-9-10-16-28-22(29)19-12-6-7-13-20(19)23(28)30;/h5-8,11-14H,4,9-10,15-17H2,1-3H3,(H,25,26);1H. The van der Waals surface area contributed by atoms with E-state index < -0.39 is 0 Å². The van der Waals surface area contributed by atoms with Crippen LogP contribution in [0.2, 0.25) is 0 Å². The Kier molecular flexibility index (Phi) is 9.96. The molecule has 32 heavy (non-hydrogen) atoms. The van der Waals surface area contributed by atoms with E-state index >= 15 is 0 Å². The molecule has 2 amide bonds. The van der Waals surface area contributed by atoms with Gasteiger partial charge in [0.15, 0.2) is 5.96 Å². The van der Waals surface area contributed by atoms with Crippen LogP contribution >= 0.6 is 24.0 Å². The number of hydrogen-bond donors (Lipinski definition) is 1. The van der Waals surface area contributed by atoms with Gasteiger partial charge in [-0.1, -0.05) is 30.3 Å². The Balaban J connectivity index is 0.00000363. The fourth-order valence-corrected chi connectivity index (χ4v) is 3.64. The third-order valence-electron chi connectivity index (χ3n) is 5.23. The van der Waals surface area contributed by atoms with Crippen LogP contribution in [0, 0.1) is 0 Å². The molecule has 2 aromatic carbocycles. The highest BCUT2D eigenvalue weighted by Crippen LogP contribution is 2.22. The second kappa shape index (κ2) is 12.4. The van der Waals surface area contributed by atoms with Crippen LogP contribution in [0.1, 0.15) is 46.0 Å². The van der Waals surface area contributed by atoms with Gasteiger partial charge in [0.25, 0.3) is 11.8 Å². The molecule has 0 atom stereocenters. The molecule has 0 radical (unpaired) electrons. The van der Waals surface area contributed by atoms with Crippen LogP contribution in [-0.4, -0.2) is 61.4 Å². The van der Waals surface area contributed by atoms with Gasteiger partial charge in [-0.3, -0.25) is 19.5 Å². The molecular formula is C24H31IN4O3. The zero-order valence-electron chi connectivity index (χ0n) is 18.8. The van der Waals surface area contributed by atoms with Crippen LogP contribution in [0.3, 0.4) is 0 Å². The number of imide groups is 1. The summed E-state index contributed by atoms with van der Waals surface area (Å²) >= 11 is 0. The van der Waals surface area contributed by atoms with Gasteiger partial charge in [-0.25, -0.2) is 0 Å². The number of ether oxygens (including phenoxy) is 1. The lowest BCUT2D eigenvalue weighted by Crippen LogP contribution is -2.38. The van der Waals surface area contributed by atoms with Gasteiger partial charge in [0.2, 0.25) is 0 Å². The van der Waals surface area contributed by atoms with E-state index in [2.05, 4.69) is 10.2 Å². The summed E-state index contributed by atoms with van der Waals surface area (Å²) in [7, 11) is 3.67. The van der Waals surface area contributed by atoms with Crippen molar-refractivity contribution in [1.82, 2.24) is 15.1 Å². The van der Waals surface area contributed by atoms with Gasteiger partial charge in [0.1, 0.15) is 5.75 Å². The SMILES string of the molecule is CCNC(=NCCCCN1C(=O)c2ccccc2C1=O)N(C)Cc1ccccc1OC.I. The fraction of sp³-hybridized carbons (Fsp3) is 0.375. The van der Waals surface area contributed by atoms with E-state index in [0.717, 1.165) is 30.2 Å². The molecule has 1 heterocycles. The molecule has 1 aliphatic heterocycles. The van der Waals surface area contributed by atoms with Gasteiger partial charge in [-0.15, -0.1) is 24.0 Å². The number of halogens is 1. The first-order valence-corrected chi connectivity index (χ1v) is 10.6. The summed E-state index contributed by atoms with van der Waals surface area (Å²) in [6.45, 7) is 4.50. The summed E-state index contributed by atoms with van der Waals surface area (Å²) < 4.78 is 5.44. The zero-order chi connectivity index (χ0) is 22.2. The average molecular weight is 550 g/mol. The van der Waals surface area contributed by atoms with Crippen molar-refractivity contribution in [3.8, 4) is 5.75 Å². The smallest absolute Gasteiger partial charge is 0.261 e. The molecule has 1 N–H and O–H groups in total. The minimum Gasteiger partial charge on any atom is -0.496 e. The van der Waals surface area contributed by atoms with Crippen molar-refractivity contribution in [2.24, 2.45) is 4.99 Å². The van der Waals surface area contributed by atoms with Crippen LogP contribution in [0.4, 0.5) is 0 Å². The number of rotatable bonds is 9. The van der Waals surface area contributed by atoms with Crippen molar-refractivity contribution in [2.75, 3.05) is 33.8 Å². The molecule has 0 spiro atoms. The van der Waals surface area contributed by atoms with E-state index in [1.54, 1.807) is 31.4 Å². The van der Waals surface area contributed by atoms with Crippen molar-refractivity contribution in [3.05, 3.63) is 65.2 Å². The van der Waals surface area contributed by atoms with Crippen LogP contribution in [-0.2, 0) is 6.54 Å². The van der Waals surface area contributed by atoms with Gasteiger partial charge in [0.05, 0.1) is 18.2 Å². The van der Waals surface area contributed by atoms with Crippen molar-refractivity contribution in [3.63, 3.8) is 0 Å². The minimum absolute atomic E-state index is 0. The first-order chi connectivity index (χ1) is 15.1. The Hall–Kier alpha value is -2.62. The van der Waals surface area contributed by atoms with E-state index in [1.807, 2.05) is 38.2 Å². The van der Waals surface area contributed by atoms with Crippen molar-refractivity contribution < 1.29 is 14.3 Å². The Morgan fingerprint density at radius 3 is 2.28 bits per heavy atom. The summed E-state index contributed by atoms with van der Waals surface area (Å²) in [6.07, 6.45) is 1.50. The van der Waals surface area contributed by atoms with Gasteiger partial charge < -0.3 is 15.0 Å². The summed E-state index contributed by atoms with van der Waals surface area (Å²) in [5.74, 6) is 1.27. The summed E-state index contributed by atoms with van der Waals surface area (Å²) in [6, 6.07) is 14.9. The van der Waals surface area contributed by atoms with Crippen molar-refractivity contribution >= 4 is 41.8 Å². The molecule has 8 heteroatoms. The largest absolute Gasteiger partial charge is 0.496 e. The Bertz CT molecular complexity index is 929. The molecule has 3 rings (SSSR count). The van der Waals surface area contributed by atoms with Crippen molar-refractivity contribution in [1.29, 1.82) is 0 Å². The second-order valence-corrected chi connectivity index (χ2v) is 7.42. The third-order valence-corrected chi connectivity index (χ3v) is 5.23. The molecule has 0 fully saturated rings. The molecule has 2 aromatic rings. The Morgan fingerprint density at radius 2 is 1.66 bits per heavy atom. The number of aliphatic imine (C=N–C) groups is 1. The lowest BCUT2D eigenvalue weighted by Gasteiger charge is -2.23. The summed E-state index contributed by atoms with van der Waals surface area (Å²) in [5.41, 5.74) is 2.08. The third kappa shape index (κ3) is 5.99. The molecule has 172 valence electrons. The predicted molar refractivity (Wildman–Crippen MR) is 137 cm³/mol. The van der Waals surface area contributed by atoms with Gasteiger partial charge in [-0.05, 0) is 38.0 Å². The van der Waals surface area contributed by atoms with E-state index in [0.29, 0.717) is 37.2 Å². The predicted octanol–water partition coefficient (Wildman–Crippen LogP) is 3.79. The molecule has 0 aromatic heterocycles. The Morgan fingerprint density at radius 1 is 1.03 bits per heavy atom. The minimum atomic E-state index is -0.200. The fourth-order valence-electron chi connectivity index (χ4n) is 3.64. The van der Waals surface area contributed by atoms with E-state index in [1.165, 1.54) is 4.90 Å². The van der Waals surface area contributed by atoms with E-state index in [-0.39, 0.29) is 35.8 Å². The zero-order valence-corrected chi connectivity index (χ0v) is 21.2. The lowest BCUT2D eigenvalue weighted by molar-refractivity contribution is 0.0652. The molecule has 1 aliphatic rings. The number of carbonyl (C=O) groups excluding carboxylic acids is 2. The normalized spacial score (nSPS) is 13.0. The number of guanidine groups is 1. The van der Waals surface area contributed by atoms with Crippen LogP contribution in [0.15, 0.2) is 53.5 Å². The van der Waals surface area contributed by atoms with Crippen LogP contribution in [0.5, 0.6) is 5.75 Å². The van der Waals surface area contributed by atoms with E-state index in [4.69, 9.17) is 9.73 Å². The van der Waals surface area contributed by atoms with E-state index in [9.17, 15) is 9.59 Å². The number of unbranched alkanes of at least 4 members (excludes halogenated alkanes) is 1. The highest BCUT2D eigenvalue weighted by atomic mass is 127. The topological polar surface area (TPSA) is 74.2 Å². The molecule has 0 saturated carbocycles. The maximum atomic E-state index is 12.4. The first-order valence-electron chi connectivity index (χ1n) is 10.6. The molecule has 0 bridgehead atoms. The summed E-state index contributed by atoms with van der Waals surface area (Å²) in [5, 5.41) is 3.31. The molecule has 0 aliphatic carbocycles. The molecule has 7 nitrogen and oxygen atoms in total. The maximum Gasteiger partial charge on any atom is 0.261 e. The number of nitrogens with zero attached hydrogens (tertiary/aromatic N) is 3. The Labute approximate surface area is 206 Å². The van der Waals surface area contributed by atoms with Gasteiger partial charge in [0, 0.05) is 38.8 Å². The highest BCUT2D eigenvalue weighted by Gasteiger charge is 2.34. The molecule has 0 saturated heterocycles. The summed E-state index contributed by atoms with van der Waals surface area (Å²) in [4.78, 5) is 33.0. The number of methoxy groups -OCH3 is 1. The number of para-hydroxylation sites is 1. The van der Waals surface area contributed by atoms with Crippen LogP contribution in [0.25, 0.3) is 0 Å². The number of benzene rings is 2. The van der Waals surface area contributed by atoms with Gasteiger partial charge >= 0.3 is 0 Å². The molecular weight excluding hydrogens is 519 g/mol. The first kappa shape index (κ1) is 25.6.